The summed E-state index contributed by atoms with van der Waals surface area (Å²) in [6, 6.07) is 3.10. The van der Waals surface area contributed by atoms with Crippen molar-refractivity contribution in [1.82, 2.24) is 0 Å². The number of hydrogen-bond donors (Lipinski definition) is 0. The van der Waals surface area contributed by atoms with Gasteiger partial charge in [0.15, 0.2) is 0 Å². The molecule has 0 saturated heterocycles. The normalized spacial score (nSPS) is 15.3. The number of Topliss-reactive ketones (excluding diaryl/α,β-unsaturated/α-hetero) is 1. The summed E-state index contributed by atoms with van der Waals surface area (Å²) in [7, 11) is 0. The van der Waals surface area contributed by atoms with Crippen LogP contribution in [0.4, 0.5) is 18.9 Å². The average molecular weight is 257 g/mol. The van der Waals surface area contributed by atoms with Crippen LogP contribution in [0.1, 0.15) is 21.5 Å². The van der Waals surface area contributed by atoms with Crippen molar-refractivity contribution >= 4 is 17.4 Å². The number of alkyl halides is 3. The van der Waals surface area contributed by atoms with Crippen LogP contribution in [0.25, 0.3) is 0 Å². The molecule has 0 bridgehead atoms. The van der Waals surface area contributed by atoms with E-state index in [2.05, 4.69) is 0 Å². The van der Waals surface area contributed by atoms with Gasteiger partial charge >= 0.3 is 6.18 Å². The third kappa shape index (κ3) is 1.98. The first-order valence-electron chi connectivity index (χ1n) is 5.25. The summed E-state index contributed by atoms with van der Waals surface area (Å²) >= 11 is 0. The second-order valence-electron chi connectivity index (χ2n) is 4.31. The predicted octanol–water partition coefficient (Wildman–Crippen LogP) is 2.40. The molecule has 6 heteroatoms. The highest BCUT2D eigenvalue weighted by molar-refractivity contribution is 6.52. The smallest absolute Gasteiger partial charge is 0.296 e. The van der Waals surface area contributed by atoms with E-state index in [0.717, 1.165) is 0 Å². The fraction of sp³-hybridized carbons (Fsp3) is 0.333. The van der Waals surface area contributed by atoms with E-state index in [-0.39, 0.29) is 11.3 Å². The molecule has 18 heavy (non-hydrogen) atoms. The molecule has 0 spiro atoms. The molecule has 96 valence electrons. The SMILES string of the molecule is Cc1cc(C)c2c(c1)N(CC(F)(F)F)C(=O)C2=O. The van der Waals surface area contributed by atoms with Crippen molar-refractivity contribution in [2.45, 2.75) is 20.0 Å². The van der Waals surface area contributed by atoms with E-state index in [0.29, 0.717) is 16.0 Å². The highest BCUT2D eigenvalue weighted by atomic mass is 19.4. The zero-order chi connectivity index (χ0) is 13.7. The van der Waals surface area contributed by atoms with Crippen molar-refractivity contribution in [3.63, 3.8) is 0 Å². The molecule has 0 saturated carbocycles. The van der Waals surface area contributed by atoms with Gasteiger partial charge in [0.25, 0.3) is 11.7 Å². The molecule has 0 atom stereocenters. The third-order valence-electron chi connectivity index (χ3n) is 2.75. The van der Waals surface area contributed by atoms with E-state index >= 15 is 0 Å². The largest absolute Gasteiger partial charge is 0.406 e. The molecule has 3 nitrogen and oxygen atoms in total. The van der Waals surface area contributed by atoms with E-state index in [1.807, 2.05) is 0 Å². The lowest BCUT2D eigenvalue weighted by Crippen LogP contribution is -2.38. The Labute approximate surface area is 101 Å². The topological polar surface area (TPSA) is 37.4 Å². The summed E-state index contributed by atoms with van der Waals surface area (Å²) in [6.45, 7) is 1.87. The van der Waals surface area contributed by atoms with Crippen molar-refractivity contribution in [3.05, 3.63) is 28.8 Å². The van der Waals surface area contributed by atoms with Gasteiger partial charge in [-0.05, 0) is 31.0 Å². The maximum atomic E-state index is 12.4. The number of fused-ring (bicyclic) bond motifs is 1. The molecule has 1 aliphatic rings. The number of halogens is 3. The minimum Gasteiger partial charge on any atom is -0.296 e. The van der Waals surface area contributed by atoms with E-state index in [1.54, 1.807) is 19.9 Å². The number of aryl methyl sites for hydroxylation is 2. The number of benzene rings is 1. The minimum atomic E-state index is -4.53. The zero-order valence-electron chi connectivity index (χ0n) is 9.76. The first kappa shape index (κ1) is 12.6. The van der Waals surface area contributed by atoms with Crippen LogP contribution in [-0.2, 0) is 4.79 Å². The Hall–Kier alpha value is -1.85. The van der Waals surface area contributed by atoms with Crippen LogP contribution in [0, 0.1) is 13.8 Å². The van der Waals surface area contributed by atoms with Crippen molar-refractivity contribution in [1.29, 1.82) is 0 Å². The van der Waals surface area contributed by atoms with Crippen LogP contribution in [0.3, 0.4) is 0 Å². The van der Waals surface area contributed by atoms with Crippen LogP contribution in [0.15, 0.2) is 12.1 Å². The Bertz CT molecular complexity index is 549. The van der Waals surface area contributed by atoms with Crippen molar-refractivity contribution in [2.24, 2.45) is 0 Å². The lowest BCUT2D eigenvalue weighted by atomic mass is 10.0. The van der Waals surface area contributed by atoms with E-state index in [1.165, 1.54) is 6.07 Å². The number of nitrogens with zero attached hydrogens (tertiary/aromatic N) is 1. The van der Waals surface area contributed by atoms with Gasteiger partial charge in [-0.1, -0.05) is 6.07 Å². The molecule has 0 radical (unpaired) electrons. The highest BCUT2D eigenvalue weighted by Crippen LogP contribution is 2.34. The molecule has 1 aliphatic heterocycles. The number of anilines is 1. The van der Waals surface area contributed by atoms with Gasteiger partial charge in [-0.3, -0.25) is 14.5 Å². The van der Waals surface area contributed by atoms with Gasteiger partial charge in [-0.25, -0.2) is 0 Å². The molecular weight excluding hydrogens is 247 g/mol. The van der Waals surface area contributed by atoms with E-state index in [9.17, 15) is 22.8 Å². The minimum absolute atomic E-state index is 0.0554. The Morgan fingerprint density at radius 3 is 2.33 bits per heavy atom. The molecule has 1 aromatic rings. The summed E-state index contributed by atoms with van der Waals surface area (Å²) in [5.41, 5.74) is 1.36. The van der Waals surface area contributed by atoms with Crippen LogP contribution < -0.4 is 4.90 Å². The van der Waals surface area contributed by atoms with Crippen LogP contribution in [0.5, 0.6) is 0 Å². The molecule has 0 N–H and O–H groups in total. The Morgan fingerprint density at radius 2 is 1.78 bits per heavy atom. The second-order valence-corrected chi connectivity index (χ2v) is 4.31. The molecule has 1 amide bonds. The summed E-state index contributed by atoms with van der Waals surface area (Å²) in [6.07, 6.45) is -4.53. The summed E-state index contributed by atoms with van der Waals surface area (Å²) in [5, 5.41) is 0. The van der Waals surface area contributed by atoms with Crippen LogP contribution in [-0.4, -0.2) is 24.4 Å². The Morgan fingerprint density at radius 1 is 1.17 bits per heavy atom. The first-order chi connectivity index (χ1) is 8.20. The maximum Gasteiger partial charge on any atom is 0.406 e. The summed E-state index contributed by atoms with van der Waals surface area (Å²) in [4.78, 5) is 23.7. The fourth-order valence-corrected chi connectivity index (χ4v) is 2.13. The highest BCUT2D eigenvalue weighted by Gasteiger charge is 2.43. The monoisotopic (exact) mass is 257 g/mol. The first-order valence-corrected chi connectivity index (χ1v) is 5.25. The lowest BCUT2D eigenvalue weighted by Gasteiger charge is -2.18. The van der Waals surface area contributed by atoms with Gasteiger partial charge in [0.1, 0.15) is 6.54 Å². The van der Waals surface area contributed by atoms with E-state index in [4.69, 9.17) is 0 Å². The Balaban J connectivity index is 2.55. The van der Waals surface area contributed by atoms with Crippen LogP contribution >= 0.6 is 0 Å². The molecule has 0 unspecified atom stereocenters. The molecular formula is C12H10F3NO2. The lowest BCUT2D eigenvalue weighted by molar-refractivity contribution is -0.129. The maximum absolute atomic E-state index is 12.4. The molecule has 0 fully saturated rings. The second kappa shape index (κ2) is 3.83. The van der Waals surface area contributed by atoms with Gasteiger partial charge in [0.2, 0.25) is 0 Å². The van der Waals surface area contributed by atoms with Gasteiger partial charge in [0.05, 0.1) is 11.3 Å². The summed E-state index contributed by atoms with van der Waals surface area (Å²) in [5.74, 6) is -1.98. The standard InChI is InChI=1S/C12H10F3NO2/c1-6-3-7(2)9-8(4-6)16(5-12(13,14)15)11(18)10(9)17/h3-4H,5H2,1-2H3. The van der Waals surface area contributed by atoms with Crippen molar-refractivity contribution < 1.29 is 22.8 Å². The van der Waals surface area contributed by atoms with Crippen LogP contribution in [0.2, 0.25) is 0 Å². The average Bonchev–Trinajstić information content (AvgIpc) is 2.41. The fourth-order valence-electron chi connectivity index (χ4n) is 2.13. The molecule has 0 aliphatic carbocycles. The van der Waals surface area contributed by atoms with Crippen molar-refractivity contribution in [2.75, 3.05) is 11.4 Å². The number of amides is 1. The third-order valence-corrected chi connectivity index (χ3v) is 2.75. The number of rotatable bonds is 1. The predicted molar refractivity (Wildman–Crippen MR) is 58.7 cm³/mol. The molecule has 2 rings (SSSR count). The number of hydrogen-bond acceptors (Lipinski definition) is 2. The van der Waals surface area contributed by atoms with Crippen molar-refractivity contribution in [3.8, 4) is 0 Å². The summed E-state index contributed by atoms with van der Waals surface area (Å²) < 4.78 is 37.2. The Kier molecular flexibility index (Phi) is 2.68. The number of carbonyl (C=O) groups excluding carboxylic acids is 2. The molecule has 1 aromatic carbocycles. The van der Waals surface area contributed by atoms with Gasteiger partial charge < -0.3 is 0 Å². The number of ketones is 1. The van der Waals surface area contributed by atoms with Gasteiger partial charge in [-0.2, -0.15) is 13.2 Å². The number of carbonyl (C=O) groups is 2. The van der Waals surface area contributed by atoms with Gasteiger partial charge in [-0.15, -0.1) is 0 Å². The van der Waals surface area contributed by atoms with Gasteiger partial charge in [0, 0.05) is 0 Å². The molecule has 1 heterocycles. The molecule has 0 aromatic heterocycles. The zero-order valence-corrected chi connectivity index (χ0v) is 9.76. The van der Waals surface area contributed by atoms with E-state index < -0.39 is 24.4 Å². The quantitative estimate of drug-likeness (QED) is 0.724.